The van der Waals surface area contributed by atoms with E-state index in [0.29, 0.717) is 0 Å². The summed E-state index contributed by atoms with van der Waals surface area (Å²) in [4.78, 5) is -0.403. The molecule has 0 saturated heterocycles. The topological polar surface area (TPSA) is 63.4 Å². The second kappa shape index (κ2) is 5.69. The molecule has 0 bridgehead atoms. The van der Waals surface area contributed by atoms with Crippen LogP contribution in [0.2, 0.25) is 0 Å². The summed E-state index contributed by atoms with van der Waals surface area (Å²) in [6, 6.07) is 3.86. The SMILES string of the molecule is CC1CCCCC1N(C)S(=O)(=O)c1c(N)cccc1F. The van der Waals surface area contributed by atoms with Crippen molar-refractivity contribution in [3.8, 4) is 0 Å². The minimum absolute atomic E-state index is 0.0414. The molecule has 4 nitrogen and oxygen atoms in total. The van der Waals surface area contributed by atoms with Crippen LogP contribution in [-0.2, 0) is 10.0 Å². The molecule has 6 heteroatoms. The Hall–Kier alpha value is -1.14. The fourth-order valence-corrected chi connectivity index (χ4v) is 4.59. The molecule has 0 spiro atoms. The molecule has 1 aromatic rings. The summed E-state index contributed by atoms with van der Waals surface area (Å²) >= 11 is 0. The van der Waals surface area contributed by atoms with Crippen molar-refractivity contribution in [2.75, 3.05) is 12.8 Å². The van der Waals surface area contributed by atoms with Gasteiger partial charge in [0.15, 0.2) is 0 Å². The second-order valence-electron chi connectivity index (χ2n) is 5.51. The number of benzene rings is 1. The third kappa shape index (κ3) is 2.67. The van der Waals surface area contributed by atoms with E-state index in [9.17, 15) is 12.8 Å². The zero-order valence-electron chi connectivity index (χ0n) is 11.8. The van der Waals surface area contributed by atoms with Gasteiger partial charge in [-0.15, -0.1) is 0 Å². The number of rotatable bonds is 3. The van der Waals surface area contributed by atoms with E-state index < -0.39 is 20.7 Å². The van der Waals surface area contributed by atoms with Gasteiger partial charge in [-0.25, -0.2) is 12.8 Å². The van der Waals surface area contributed by atoms with Crippen LogP contribution >= 0.6 is 0 Å². The van der Waals surface area contributed by atoms with Gasteiger partial charge in [-0.3, -0.25) is 0 Å². The normalized spacial score (nSPS) is 24.0. The first kappa shape index (κ1) is 15.3. The van der Waals surface area contributed by atoms with E-state index in [0.717, 1.165) is 31.7 Å². The lowest BCUT2D eigenvalue weighted by molar-refractivity contribution is 0.213. The summed E-state index contributed by atoms with van der Waals surface area (Å²) in [5, 5.41) is 0. The van der Waals surface area contributed by atoms with Gasteiger partial charge in [0.25, 0.3) is 0 Å². The third-order valence-corrected chi connectivity index (χ3v) is 6.14. The van der Waals surface area contributed by atoms with E-state index in [-0.39, 0.29) is 17.6 Å². The first-order valence-corrected chi connectivity index (χ1v) is 8.31. The van der Waals surface area contributed by atoms with Crippen LogP contribution in [0.4, 0.5) is 10.1 Å². The predicted molar refractivity (Wildman–Crippen MR) is 77.2 cm³/mol. The van der Waals surface area contributed by atoms with E-state index in [1.54, 1.807) is 0 Å². The summed E-state index contributed by atoms with van der Waals surface area (Å²) < 4.78 is 40.4. The molecule has 1 fully saturated rings. The molecule has 0 heterocycles. The van der Waals surface area contributed by atoms with Crippen molar-refractivity contribution in [1.82, 2.24) is 4.31 Å². The highest BCUT2D eigenvalue weighted by atomic mass is 32.2. The van der Waals surface area contributed by atoms with Gasteiger partial charge in [0.05, 0.1) is 5.69 Å². The van der Waals surface area contributed by atoms with Crippen molar-refractivity contribution >= 4 is 15.7 Å². The molecule has 0 aliphatic heterocycles. The monoisotopic (exact) mass is 300 g/mol. The number of halogens is 1. The van der Waals surface area contributed by atoms with Crippen LogP contribution in [0, 0.1) is 11.7 Å². The molecule has 2 N–H and O–H groups in total. The average molecular weight is 300 g/mol. The Morgan fingerprint density at radius 3 is 2.55 bits per heavy atom. The number of nitrogens with two attached hydrogens (primary N) is 1. The third-order valence-electron chi connectivity index (χ3n) is 4.17. The maximum Gasteiger partial charge on any atom is 0.248 e. The van der Waals surface area contributed by atoms with Crippen molar-refractivity contribution in [2.24, 2.45) is 5.92 Å². The van der Waals surface area contributed by atoms with Gasteiger partial charge < -0.3 is 5.73 Å². The second-order valence-corrected chi connectivity index (χ2v) is 7.44. The van der Waals surface area contributed by atoms with Crippen LogP contribution in [0.1, 0.15) is 32.6 Å². The van der Waals surface area contributed by atoms with Crippen LogP contribution in [0.3, 0.4) is 0 Å². The molecule has 0 radical (unpaired) electrons. The average Bonchev–Trinajstić information content (AvgIpc) is 2.38. The lowest BCUT2D eigenvalue weighted by Crippen LogP contribution is -2.43. The Kier molecular flexibility index (Phi) is 4.34. The Labute approximate surface area is 119 Å². The van der Waals surface area contributed by atoms with Crippen molar-refractivity contribution < 1.29 is 12.8 Å². The Morgan fingerprint density at radius 1 is 1.30 bits per heavy atom. The van der Waals surface area contributed by atoms with Gasteiger partial charge in [0.1, 0.15) is 10.7 Å². The van der Waals surface area contributed by atoms with E-state index in [1.807, 2.05) is 6.92 Å². The lowest BCUT2D eigenvalue weighted by atomic mass is 9.86. The molecule has 1 aromatic carbocycles. The highest BCUT2D eigenvalue weighted by Crippen LogP contribution is 2.32. The number of hydrogen-bond acceptors (Lipinski definition) is 3. The Morgan fingerprint density at radius 2 is 1.95 bits per heavy atom. The highest BCUT2D eigenvalue weighted by Gasteiger charge is 2.35. The molecule has 20 heavy (non-hydrogen) atoms. The van der Waals surface area contributed by atoms with Crippen LogP contribution in [0.15, 0.2) is 23.1 Å². The van der Waals surface area contributed by atoms with Crippen molar-refractivity contribution in [1.29, 1.82) is 0 Å². The fraction of sp³-hybridized carbons (Fsp3) is 0.571. The summed E-state index contributed by atoms with van der Waals surface area (Å²) in [5.74, 6) is -0.517. The first-order valence-electron chi connectivity index (χ1n) is 6.87. The Bertz CT molecular complexity index is 569. The molecule has 0 amide bonds. The van der Waals surface area contributed by atoms with Crippen molar-refractivity contribution in [3.05, 3.63) is 24.0 Å². The summed E-state index contributed by atoms with van der Waals surface area (Å²) in [6.45, 7) is 2.04. The van der Waals surface area contributed by atoms with Crippen LogP contribution in [0.25, 0.3) is 0 Å². The molecular weight excluding hydrogens is 279 g/mol. The first-order chi connectivity index (χ1) is 9.35. The molecule has 2 rings (SSSR count). The molecule has 2 atom stereocenters. The summed E-state index contributed by atoms with van der Waals surface area (Å²) in [7, 11) is -2.38. The van der Waals surface area contributed by atoms with Crippen LogP contribution < -0.4 is 5.73 Å². The zero-order chi connectivity index (χ0) is 14.9. The van der Waals surface area contributed by atoms with Crippen LogP contribution in [-0.4, -0.2) is 25.8 Å². The molecule has 112 valence electrons. The number of nitrogen functional groups attached to an aromatic ring is 1. The number of anilines is 1. The van der Waals surface area contributed by atoms with Gasteiger partial charge in [0, 0.05) is 13.1 Å². The molecule has 1 aliphatic carbocycles. The van der Waals surface area contributed by atoms with Gasteiger partial charge >= 0.3 is 0 Å². The summed E-state index contributed by atoms with van der Waals surface area (Å²) in [5.41, 5.74) is 5.62. The fourth-order valence-electron chi connectivity index (χ4n) is 2.96. The smallest absolute Gasteiger partial charge is 0.248 e. The molecule has 0 aromatic heterocycles. The van der Waals surface area contributed by atoms with E-state index in [1.165, 1.54) is 23.5 Å². The van der Waals surface area contributed by atoms with Crippen LogP contribution in [0.5, 0.6) is 0 Å². The molecular formula is C14H21FN2O2S. The summed E-state index contributed by atoms with van der Waals surface area (Å²) in [6.07, 6.45) is 3.93. The molecule has 1 saturated carbocycles. The van der Waals surface area contributed by atoms with Gasteiger partial charge in [-0.1, -0.05) is 25.8 Å². The highest BCUT2D eigenvalue weighted by molar-refractivity contribution is 7.89. The lowest BCUT2D eigenvalue weighted by Gasteiger charge is -2.35. The largest absolute Gasteiger partial charge is 0.398 e. The van der Waals surface area contributed by atoms with Crippen molar-refractivity contribution in [2.45, 2.75) is 43.5 Å². The maximum absolute atomic E-state index is 13.9. The van der Waals surface area contributed by atoms with Gasteiger partial charge in [-0.2, -0.15) is 4.31 Å². The quantitative estimate of drug-likeness (QED) is 0.873. The molecule has 1 aliphatic rings. The maximum atomic E-state index is 13.9. The number of hydrogen-bond donors (Lipinski definition) is 1. The van der Waals surface area contributed by atoms with Crippen molar-refractivity contribution in [3.63, 3.8) is 0 Å². The van der Waals surface area contributed by atoms with E-state index in [4.69, 9.17) is 5.73 Å². The standard InChI is InChI=1S/C14H21FN2O2S/c1-10-6-3-4-9-13(10)17(2)20(18,19)14-11(15)7-5-8-12(14)16/h5,7-8,10,13H,3-4,6,9,16H2,1-2H3. The van der Waals surface area contributed by atoms with Gasteiger partial charge in [0.2, 0.25) is 10.0 Å². The Balaban J connectivity index is 2.39. The van der Waals surface area contributed by atoms with E-state index in [2.05, 4.69) is 0 Å². The number of sulfonamides is 1. The zero-order valence-corrected chi connectivity index (χ0v) is 12.7. The van der Waals surface area contributed by atoms with E-state index >= 15 is 0 Å². The van der Waals surface area contributed by atoms with Gasteiger partial charge in [-0.05, 0) is 30.9 Å². The predicted octanol–water partition coefficient (Wildman–Crippen LogP) is 2.61. The minimum atomic E-state index is -3.90. The molecule has 2 unspecified atom stereocenters. The minimum Gasteiger partial charge on any atom is -0.398 e. The number of nitrogens with zero attached hydrogens (tertiary/aromatic N) is 1.